The smallest absolute Gasteiger partial charge is 0.237 e. The van der Waals surface area contributed by atoms with E-state index in [1.807, 2.05) is 19.1 Å². The predicted molar refractivity (Wildman–Crippen MR) is 63.2 cm³/mol. The highest BCUT2D eigenvalue weighted by Gasteiger charge is 2.10. The molecule has 0 aliphatic heterocycles. The molecule has 1 rings (SSSR count). The highest BCUT2D eigenvalue weighted by atomic mass is 79.9. The minimum atomic E-state index is -0.223. The normalized spacial score (nSPS) is 12.3. The van der Waals surface area contributed by atoms with Crippen molar-refractivity contribution >= 4 is 39.1 Å². The third-order valence-electron chi connectivity index (χ3n) is 1.74. The topological polar surface area (TPSA) is 29.1 Å². The van der Waals surface area contributed by atoms with Crippen LogP contribution in [0.5, 0.6) is 0 Å². The average molecular weight is 277 g/mol. The Balaban J connectivity index is 2.86. The Kier molecular flexibility index (Phi) is 3.96. The molecular weight excluding hydrogens is 265 g/mol. The van der Waals surface area contributed by atoms with E-state index in [1.54, 1.807) is 13.0 Å². The maximum Gasteiger partial charge on any atom is 0.237 e. The molecule has 0 fully saturated rings. The van der Waals surface area contributed by atoms with E-state index in [-0.39, 0.29) is 10.7 Å². The highest BCUT2D eigenvalue weighted by molar-refractivity contribution is 9.10. The molecule has 0 bridgehead atoms. The van der Waals surface area contributed by atoms with Crippen molar-refractivity contribution < 1.29 is 4.79 Å². The van der Waals surface area contributed by atoms with Crippen molar-refractivity contribution in [1.29, 1.82) is 0 Å². The summed E-state index contributed by atoms with van der Waals surface area (Å²) in [5.41, 5.74) is 1.72. The van der Waals surface area contributed by atoms with Crippen LogP contribution in [0.2, 0.25) is 5.02 Å². The van der Waals surface area contributed by atoms with Crippen molar-refractivity contribution in [2.45, 2.75) is 18.7 Å². The van der Waals surface area contributed by atoms with E-state index >= 15 is 0 Å². The van der Waals surface area contributed by atoms with E-state index < -0.39 is 0 Å². The molecule has 1 N–H and O–H groups in total. The van der Waals surface area contributed by atoms with Gasteiger partial charge in [-0.1, -0.05) is 33.6 Å². The molecule has 76 valence electrons. The van der Waals surface area contributed by atoms with E-state index in [2.05, 4.69) is 21.2 Å². The summed E-state index contributed by atoms with van der Waals surface area (Å²) >= 11 is 9.10. The molecule has 0 spiro atoms. The van der Waals surface area contributed by atoms with Gasteiger partial charge in [0, 0.05) is 0 Å². The molecular formula is C10H11BrClNO. The maximum atomic E-state index is 11.4. The summed E-state index contributed by atoms with van der Waals surface area (Å²) in [7, 11) is 0. The number of nitrogens with one attached hydrogen (secondary N) is 1. The summed E-state index contributed by atoms with van der Waals surface area (Å²) in [6.07, 6.45) is 0. The van der Waals surface area contributed by atoms with Gasteiger partial charge in [0.2, 0.25) is 5.91 Å². The molecule has 0 aromatic heterocycles. The number of hydrogen-bond donors (Lipinski definition) is 1. The average Bonchev–Trinajstić information content (AvgIpc) is 2.11. The van der Waals surface area contributed by atoms with Crippen LogP contribution in [0.4, 0.5) is 5.69 Å². The minimum absolute atomic E-state index is 0.0995. The molecule has 4 heteroatoms. The lowest BCUT2D eigenvalue weighted by molar-refractivity contribution is -0.115. The number of carbonyl (C=O) groups excluding carboxylic acids is 1. The Hall–Kier alpha value is -0.540. The Labute approximate surface area is 96.8 Å². The van der Waals surface area contributed by atoms with E-state index in [1.165, 1.54) is 0 Å². The molecule has 1 atom stereocenters. The number of alkyl halides is 1. The predicted octanol–water partition coefficient (Wildman–Crippen LogP) is 3.37. The fourth-order valence-corrected chi connectivity index (χ4v) is 1.25. The molecule has 0 saturated heterocycles. The number of halogens is 2. The largest absolute Gasteiger partial charge is 0.324 e. The van der Waals surface area contributed by atoms with Gasteiger partial charge < -0.3 is 5.32 Å². The van der Waals surface area contributed by atoms with Crippen LogP contribution < -0.4 is 5.32 Å². The second-order valence-corrected chi connectivity index (χ2v) is 4.87. The van der Waals surface area contributed by atoms with Gasteiger partial charge in [0.1, 0.15) is 0 Å². The van der Waals surface area contributed by atoms with Gasteiger partial charge in [-0.2, -0.15) is 0 Å². The molecule has 0 saturated carbocycles. The van der Waals surface area contributed by atoms with Crippen LogP contribution in [0.15, 0.2) is 18.2 Å². The Morgan fingerprint density at radius 3 is 2.79 bits per heavy atom. The number of anilines is 1. The summed E-state index contributed by atoms with van der Waals surface area (Å²) < 4.78 is 0. The summed E-state index contributed by atoms with van der Waals surface area (Å²) in [6, 6.07) is 5.51. The molecule has 0 heterocycles. The second-order valence-electron chi connectivity index (χ2n) is 3.09. The lowest BCUT2D eigenvalue weighted by atomic mass is 10.2. The maximum absolute atomic E-state index is 11.4. The summed E-state index contributed by atoms with van der Waals surface area (Å²) in [4.78, 5) is 11.1. The van der Waals surface area contributed by atoms with E-state index in [4.69, 9.17) is 11.6 Å². The van der Waals surface area contributed by atoms with Gasteiger partial charge in [-0.15, -0.1) is 0 Å². The van der Waals surface area contributed by atoms with Gasteiger partial charge in [0.05, 0.1) is 15.5 Å². The van der Waals surface area contributed by atoms with E-state index in [0.717, 1.165) is 5.56 Å². The van der Waals surface area contributed by atoms with Crippen LogP contribution in [0.25, 0.3) is 0 Å². The highest BCUT2D eigenvalue weighted by Crippen LogP contribution is 2.23. The van der Waals surface area contributed by atoms with Crippen LogP contribution in [-0.4, -0.2) is 10.7 Å². The lowest BCUT2D eigenvalue weighted by Crippen LogP contribution is -2.20. The minimum Gasteiger partial charge on any atom is -0.324 e. The molecule has 1 aromatic carbocycles. The zero-order valence-electron chi connectivity index (χ0n) is 7.97. The fraction of sp³-hybridized carbons (Fsp3) is 0.300. The van der Waals surface area contributed by atoms with Crippen molar-refractivity contribution in [3.63, 3.8) is 0 Å². The molecule has 0 aliphatic rings. The molecule has 0 radical (unpaired) electrons. The Morgan fingerprint density at radius 1 is 1.57 bits per heavy atom. The molecule has 2 nitrogen and oxygen atoms in total. The van der Waals surface area contributed by atoms with Crippen LogP contribution in [-0.2, 0) is 4.79 Å². The van der Waals surface area contributed by atoms with E-state index in [0.29, 0.717) is 10.7 Å². The number of amides is 1. The number of rotatable bonds is 2. The van der Waals surface area contributed by atoms with Gasteiger partial charge in [-0.25, -0.2) is 0 Å². The summed E-state index contributed by atoms with van der Waals surface area (Å²) in [5.74, 6) is -0.0995. The molecule has 1 amide bonds. The van der Waals surface area contributed by atoms with Crippen molar-refractivity contribution in [1.82, 2.24) is 0 Å². The van der Waals surface area contributed by atoms with Gasteiger partial charge in [-0.3, -0.25) is 4.79 Å². The monoisotopic (exact) mass is 275 g/mol. The molecule has 0 aliphatic carbocycles. The first-order valence-corrected chi connectivity index (χ1v) is 5.51. The van der Waals surface area contributed by atoms with Crippen LogP contribution >= 0.6 is 27.5 Å². The first-order chi connectivity index (χ1) is 6.50. The van der Waals surface area contributed by atoms with Crippen molar-refractivity contribution in [3.8, 4) is 0 Å². The zero-order chi connectivity index (χ0) is 10.7. The Morgan fingerprint density at radius 2 is 2.21 bits per heavy atom. The van der Waals surface area contributed by atoms with Gasteiger partial charge in [0.15, 0.2) is 0 Å². The third kappa shape index (κ3) is 3.00. The van der Waals surface area contributed by atoms with Crippen molar-refractivity contribution in [2.75, 3.05) is 5.32 Å². The number of benzene rings is 1. The van der Waals surface area contributed by atoms with Crippen molar-refractivity contribution in [2.24, 2.45) is 0 Å². The Bertz CT molecular complexity index is 352. The molecule has 14 heavy (non-hydrogen) atoms. The SMILES string of the molecule is Cc1ccc(Cl)c(NC(=O)C(C)Br)c1. The molecule has 1 aromatic rings. The number of carbonyl (C=O) groups is 1. The third-order valence-corrected chi connectivity index (χ3v) is 2.49. The van der Waals surface area contributed by atoms with Crippen molar-refractivity contribution in [3.05, 3.63) is 28.8 Å². The molecule has 1 unspecified atom stereocenters. The lowest BCUT2D eigenvalue weighted by Gasteiger charge is -2.09. The van der Waals surface area contributed by atoms with Crippen LogP contribution in [0.1, 0.15) is 12.5 Å². The van der Waals surface area contributed by atoms with Crippen LogP contribution in [0, 0.1) is 6.92 Å². The first kappa shape index (κ1) is 11.5. The van der Waals surface area contributed by atoms with Gasteiger partial charge in [0.25, 0.3) is 0 Å². The second kappa shape index (κ2) is 4.80. The summed E-state index contributed by atoms with van der Waals surface area (Å²) in [6.45, 7) is 3.71. The van der Waals surface area contributed by atoms with Gasteiger partial charge >= 0.3 is 0 Å². The van der Waals surface area contributed by atoms with Gasteiger partial charge in [-0.05, 0) is 31.5 Å². The quantitative estimate of drug-likeness (QED) is 0.825. The summed E-state index contributed by atoms with van der Waals surface area (Å²) in [5, 5.41) is 3.29. The van der Waals surface area contributed by atoms with E-state index in [9.17, 15) is 4.79 Å². The fourth-order valence-electron chi connectivity index (χ4n) is 0.967. The first-order valence-electron chi connectivity index (χ1n) is 4.22. The number of aryl methyl sites for hydroxylation is 1. The zero-order valence-corrected chi connectivity index (χ0v) is 10.3. The standard InChI is InChI=1S/C10H11BrClNO/c1-6-3-4-8(12)9(5-6)13-10(14)7(2)11/h3-5,7H,1-2H3,(H,13,14). The number of hydrogen-bond acceptors (Lipinski definition) is 1. The van der Waals surface area contributed by atoms with Crippen LogP contribution in [0.3, 0.4) is 0 Å².